The predicted octanol–water partition coefficient (Wildman–Crippen LogP) is 1.35. The van der Waals surface area contributed by atoms with E-state index in [0.717, 1.165) is 90.4 Å². The van der Waals surface area contributed by atoms with E-state index in [0.29, 0.717) is 6.54 Å². The Morgan fingerprint density at radius 3 is 2.35 bits per heavy atom. The summed E-state index contributed by atoms with van der Waals surface area (Å²) >= 11 is 0. The van der Waals surface area contributed by atoms with Gasteiger partial charge >= 0.3 is 0 Å². The SMILES string of the molecule is CCNC(=NCC(c1ccc(OC)cc1)N1CCOCC1)NCCCN1CCOCC1. The summed E-state index contributed by atoms with van der Waals surface area (Å²) in [6, 6.07) is 8.58. The van der Waals surface area contributed by atoms with E-state index >= 15 is 0 Å². The summed E-state index contributed by atoms with van der Waals surface area (Å²) in [5.74, 6) is 1.76. The fourth-order valence-electron chi connectivity index (χ4n) is 4.00. The first-order chi connectivity index (χ1) is 15.3. The van der Waals surface area contributed by atoms with Gasteiger partial charge in [-0.05, 0) is 37.6 Å². The summed E-state index contributed by atoms with van der Waals surface area (Å²) in [4.78, 5) is 9.87. The summed E-state index contributed by atoms with van der Waals surface area (Å²) in [5.41, 5.74) is 1.26. The molecule has 2 aliphatic rings. The van der Waals surface area contributed by atoms with Crippen LogP contribution in [0.15, 0.2) is 29.3 Å². The van der Waals surface area contributed by atoms with Gasteiger partial charge in [-0.3, -0.25) is 14.8 Å². The van der Waals surface area contributed by atoms with Crippen molar-refractivity contribution in [1.29, 1.82) is 0 Å². The number of morpholine rings is 2. The molecule has 0 aliphatic carbocycles. The van der Waals surface area contributed by atoms with Crippen molar-refractivity contribution in [2.75, 3.05) is 85.9 Å². The molecule has 3 rings (SSSR count). The molecule has 0 amide bonds. The van der Waals surface area contributed by atoms with Crippen molar-refractivity contribution in [1.82, 2.24) is 20.4 Å². The second kappa shape index (κ2) is 13.5. The van der Waals surface area contributed by atoms with Gasteiger partial charge in [-0.25, -0.2) is 0 Å². The average Bonchev–Trinajstić information content (AvgIpc) is 2.83. The normalized spacial score (nSPS) is 19.7. The van der Waals surface area contributed by atoms with E-state index in [2.05, 4.69) is 39.5 Å². The van der Waals surface area contributed by atoms with E-state index in [1.807, 2.05) is 12.1 Å². The van der Waals surface area contributed by atoms with Gasteiger partial charge in [0.2, 0.25) is 0 Å². The van der Waals surface area contributed by atoms with Crippen molar-refractivity contribution >= 4 is 5.96 Å². The van der Waals surface area contributed by atoms with Crippen LogP contribution < -0.4 is 15.4 Å². The van der Waals surface area contributed by atoms with Crippen molar-refractivity contribution in [3.63, 3.8) is 0 Å². The maximum atomic E-state index is 5.57. The molecule has 2 fully saturated rings. The topological polar surface area (TPSA) is 70.6 Å². The first-order valence-corrected chi connectivity index (χ1v) is 11.6. The quantitative estimate of drug-likeness (QED) is 0.328. The Balaban J connectivity index is 1.57. The summed E-state index contributed by atoms with van der Waals surface area (Å²) in [6.45, 7) is 12.8. The summed E-state index contributed by atoms with van der Waals surface area (Å²) < 4.78 is 16.3. The van der Waals surface area contributed by atoms with Crippen LogP contribution in [0.2, 0.25) is 0 Å². The van der Waals surface area contributed by atoms with Gasteiger partial charge in [0.05, 0.1) is 46.1 Å². The first-order valence-electron chi connectivity index (χ1n) is 11.6. The molecule has 174 valence electrons. The zero-order valence-electron chi connectivity index (χ0n) is 19.1. The molecule has 0 aromatic heterocycles. The number of ether oxygens (including phenoxy) is 3. The second-order valence-electron chi connectivity index (χ2n) is 7.89. The number of benzene rings is 1. The van der Waals surface area contributed by atoms with E-state index < -0.39 is 0 Å². The van der Waals surface area contributed by atoms with E-state index in [1.54, 1.807) is 7.11 Å². The van der Waals surface area contributed by atoms with Gasteiger partial charge in [0, 0.05) is 39.3 Å². The van der Waals surface area contributed by atoms with Crippen LogP contribution in [0.5, 0.6) is 5.75 Å². The monoisotopic (exact) mass is 433 g/mol. The number of nitrogens with one attached hydrogen (secondary N) is 2. The minimum Gasteiger partial charge on any atom is -0.497 e. The molecule has 2 N–H and O–H groups in total. The Labute approximate surface area is 186 Å². The Morgan fingerprint density at radius 2 is 1.71 bits per heavy atom. The second-order valence-corrected chi connectivity index (χ2v) is 7.89. The van der Waals surface area contributed by atoms with Gasteiger partial charge in [0.25, 0.3) is 0 Å². The number of hydrogen-bond donors (Lipinski definition) is 2. The highest BCUT2D eigenvalue weighted by Gasteiger charge is 2.22. The number of rotatable bonds is 10. The third kappa shape index (κ3) is 7.96. The lowest BCUT2D eigenvalue weighted by atomic mass is 10.0. The van der Waals surface area contributed by atoms with Crippen LogP contribution in [0, 0.1) is 0 Å². The molecule has 1 aromatic rings. The molecule has 31 heavy (non-hydrogen) atoms. The molecule has 0 radical (unpaired) electrons. The first kappa shape index (κ1) is 23.8. The fourth-order valence-corrected chi connectivity index (χ4v) is 4.00. The van der Waals surface area contributed by atoms with E-state index in [-0.39, 0.29) is 6.04 Å². The summed E-state index contributed by atoms with van der Waals surface area (Å²) in [6.07, 6.45) is 1.09. The molecule has 0 spiro atoms. The number of aliphatic imine (C=N–C) groups is 1. The van der Waals surface area contributed by atoms with Crippen molar-refractivity contribution in [2.24, 2.45) is 4.99 Å². The smallest absolute Gasteiger partial charge is 0.191 e. The average molecular weight is 434 g/mol. The molecule has 1 atom stereocenters. The van der Waals surface area contributed by atoms with Crippen LogP contribution in [0.3, 0.4) is 0 Å². The van der Waals surface area contributed by atoms with Gasteiger partial charge in [-0.15, -0.1) is 0 Å². The van der Waals surface area contributed by atoms with Crippen molar-refractivity contribution in [2.45, 2.75) is 19.4 Å². The molecule has 2 saturated heterocycles. The van der Waals surface area contributed by atoms with Crippen LogP contribution in [-0.2, 0) is 9.47 Å². The third-order valence-corrected chi connectivity index (χ3v) is 5.80. The van der Waals surface area contributed by atoms with Crippen LogP contribution in [0.1, 0.15) is 24.9 Å². The van der Waals surface area contributed by atoms with Gasteiger partial charge in [-0.1, -0.05) is 12.1 Å². The molecule has 8 heteroatoms. The largest absolute Gasteiger partial charge is 0.497 e. The Bertz CT molecular complexity index is 643. The highest BCUT2D eigenvalue weighted by atomic mass is 16.5. The third-order valence-electron chi connectivity index (χ3n) is 5.80. The van der Waals surface area contributed by atoms with Gasteiger partial charge in [-0.2, -0.15) is 0 Å². The van der Waals surface area contributed by atoms with Crippen LogP contribution in [0.25, 0.3) is 0 Å². The number of hydrogen-bond acceptors (Lipinski definition) is 6. The van der Waals surface area contributed by atoms with Crippen LogP contribution >= 0.6 is 0 Å². The molecule has 1 unspecified atom stereocenters. The summed E-state index contributed by atoms with van der Waals surface area (Å²) in [7, 11) is 1.70. The molecule has 1 aromatic carbocycles. The number of nitrogens with zero attached hydrogens (tertiary/aromatic N) is 3. The highest BCUT2D eigenvalue weighted by Crippen LogP contribution is 2.24. The lowest BCUT2D eigenvalue weighted by Gasteiger charge is -2.34. The molecule has 0 saturated carbocycles. The van der Waals surface area contributed by atoms with E-state index in [1.165, 1.54) is 5.56 Å². The van der Waals surface area contributed by atoms with Crippen molar-refractivity contribution in [3.8, 4) is 5.75 Å². The Kier molecular flexibility index (Phi) is 10.4. The van der Waals surface area contributed by atoms with Gasteiger partial charge < -0.3 is 24.8 Å². The summed E-state index contributed by atoms with van der Waals surface area (Å²) in [5, 5.41) is 6.90. The van der Waals surface area contributed by atoms with E-state index in [4.69, 9.17) is 19.2 Å². The zero-order valence-corrected chi connectivity index (χ0v) is 19.1. The molecule has 8 nitrogen and oxygen atoms in total. The van der Waals surface area contributed by atoms with Gasteiger partial charge in [0.1, 0.15) is 5.75 Å². The maximum Gasteiger partial charge on any atom is 0.191 e. The Hall–Kier alpha value is -1.87. The van der Waals surface area contributed by atoms with Gasteiger partial charge in [0.15, 0.2) is 5.96 Å². The highest BCUT2D eigenvalue weighted by molar-refractivity contribution is 5.79. The predicted molar refractivity (Wildman–Crippen MR) is 124 cm³/mol. The fraction of sp³-hybridized carbons (Fsp3) is 0.696. The molecular formula is C23H39N5O3. The Morgan fingerprint density at radius 1 is 1.03 bits per heavy atom. The van der Waals surface area contributed by atoms with Crippen molar-refractivity contribution < 1.29 is 14.2 Å². The zero-order chi connectivity index (χ0) is 21.7. The molecule has 0 bridgehead atoms. The lowest BCUT2D eigenvalue weighted by molar-refractivity contribution is 0.0179. The molecule has 2 heterocycles. The molecular weight excluding hydrogens is 394 g/mol. The standard InChI is InChI=1S/C23H39N5O3/c1-3-24-23(25-9-4-10-27-11-15-30-16-12-27)26-19-22(28-13-17-31-18-14-28)20-5-7-21(29-2)8-6-20/h5-8,22H,3-4,9-19H2,1-2H3,(H2,24,25,26). The number of guanidine groups is 1. The van der Waals surface area contributed by atoms with Crippen molar-refractivity contribution in [3.05, 3.63) is 29.8 Å². The maximum absolute atomic E-state index is 5.57. The lowest BCUT2D eigenvalue weighted by Crippen LogP contribution is -2.42. The van der Waals surface area contributed by atoms with E-state index in [9.17, 15) is 0 Å². The number of methoxy groups -OCH3 is 1. The minimum absolute atomic E-state index is 0.221. The van der Waals surface area contributed by atoms with Crippen LogP contribution in [0.4, 0.5) is 0 Å². The molecule has 2 aliphatic heterocycles. The van der Waals surface area contributed by atoms with Crippen LogP contribution in [-0.4, -0.2) is 102 Å². The minimum atomic E-state index is 0.221.